The van der Waals surface area contributed by atoms with Crippen molar-refractivity contribution in [1.82, 2.24) is 14.5 Å². The summed E-state index contributed by atoms with van der Waals surface area (Å²) in [4.78, 5) is 8.72. The molecule has 0 bridgehead atoms. The third-order valence-corrected chi connectivity index (χ3v) is 5.09. The number of aromatic nitrogens is 3. The van der Waals surface area contributed by atoms with Crippen LogP contribution < -0.4 is 15.8 Å². The van der Waals surface area contributed by atoms with Gasteiger partial charge in [-0.3, -0.25) is 0 Å². The first-order chi connectivity index (χ1) is 14.7. The van der Waals surface area contributed by atoms with Crippen LogP contribution in [0.3, 0.4) is 0 Å². The summed E-state index contributed by atoms with van der Waals surface area (Å²) >= 11 is 6.51. The lowest BCUT2D eigenvalue weighted by Gasteiger charge is -2.12. The van der Waals surface area contributed by atoms with Crippen LogP contribution in [-0.2, 0) is 6.54 Å². The Morgan fingerprint density at radius 3 is 2.90 bits per heavy atom. The number of nitrogens with two attached hydrogens (primary N) is 1. The Hall–Kier alpha value is -3.55. The number of hydrogen-bond acceptors (Lipinski definition) is 6. The van der Waals surface area contributed by atoms with Gasteiger partial charge in [0.2, 0.25) is 0 Å². The highest BCUT2D eigenvalue weighted by Gasteiger charge is 2.12. The van der Waals surface area contributed by atoms with E-state index < -0.39 is 0 Å². The average Bonchev–Trinajstić information content (AvgIpc) is 3.39. The standard InChI is InChI=1S/C22H18ClN5O2/c23-16-12-14(27-22-21-17(25-13-26-22)6-9-28(21)10-8-24)4-5-20(16)30-19-3-1-2-18-15(19)7-11-29-18/h1-7,9,11-13H,8,10,24H2,(H,25,26,27). The maximum absolute atomic E-state index is 6.51. The van der Waals surface area contributed by atoms with Gasteiger partial charge in [0.25, 0.3) is 0 Å². The Kier molecular flexibility index (Phi) is 4.74. The number of rotatable bonds is 6. The van der Waals surface area contributed by atoms with Gasteiger partial charge in [-0.25, -0.2) is 9.97 Å². The van der Waals surface area contributed by atoms with Crippen molar-refractivity contribution in [3.8, 4) is 11.5 Å². The Morgan fingerprint density at radius 2 is 2.03 bits per heavy atom. The summed E-state index contributed by atoms with van der Waals surface area (Å²) < 4.78 is 13.5. The molecule has 150 valence electrons. The largest absolute Gasteiger partial charge is 0.464 e. The van der Waals surface area contributed by atoms with Crippen LogP contribution in [0.15, 0.2) is 71.7 Å². The van der Waals surface area contributed by atoms with E-state index in [0.717, 1.165) is 27.7 Å². The van der Waals surface area contributed by atoms with Crippen molar-refractivity contribution < 1.29 is 9.15 Å². The summed E-state index contributed by atoms with van der Waals surface area (Å²) in [5, 5.41) is 4.69. The minimum atomic E-state index is 0.475. The quantitative estimate of drug-likeness (QED) is 0.386. The van der Waals surface area contributed by atoms with E-state index in [1.54, 1.807) is 12.3 Å². The van der Waals surface area contributed by atoms with Crippen molar-refractivity contribution in [3.05, 3.63) is 72.3 Å². The van der Waals surface area contributed by atoms with E-state index >= 15 is 0 Å². The topological polar surface area (TPSA) is 91.1 Å². The van der Waals surface area contributed by atoms with Gasteiger partial charge in [0, 0.05) is 25.0 Å². The van der Waals surface area contributed by atoms with E-state index in [2.05, 4.69) is 15.3 Å². The third-order valence-electron chi connectivity index (χ3n) is 4.79. The summed E-state index contributed by atoms with van der Waals surface area (Å²) in [6, 6.07) is 15.0. The first-order valence-electron chi connectivity index (χ1n) is 9.43. The molecule has 0 aliphatic rings. The predicted octanol–water partition coefficient (Wildman–Crippen LogP) is 5.33. The second-order valence-electron chi connectivity index (χ2n) is 6.71. The minimum absolute atomic E-state index is 0.475. The number of anilines is 2. The molecule has 5 aromatic rings. The van der Waals surface area contributed by atoms with Crippen LogP contribution >= 0.6 is 11.6 Å². The van der Waals surface area contributed by atoms with E-state index in [0.29, 0.717) is 35.4 Å². The Labute approximate surface area is 177 Å². The fraction of sp³-hybridized carbons (Fsp3) is 0.0909. The highest BCUT2D eigenvalue weighted by Crippen LogP contribution is 2.36. The van der Waals surface area contributed by atoms with Gasteiger partial charge in [-0.2, -0.15) is 0 Å². The van der Waals surface area contributed by atoms with Gasteiger partial charge >= 0.3 is 0 Å². The highest BCUT2D eigenvalue weighted by atomic mass is 35.5. The van der Waals surface area contributed by atoms with Gasteiger partial charge in [0.15, 0.2) is 5.82 Å². The number of nitrogens with zero attached hydrogens (tertiary/aromatic N) is 3. The first-order valence-corrected chi connectivity index (χ1v) is 9.81. The van der Waals surface area contributed by atoms with Gasteiger partial charge in [0.05, 0.1) is 22.2 Å². The van der Waals surface area contributed by atoms with E-state index in [-0.39, 0.29) is 0 Å². The lowest BCUT2D eigenvalue weighted by Crippen LogP contribution is -2.10. The monoisotopic (exact) mass is 419 g/mol. The molecule has 3 N–H and O–H groups in total. The molecule has 3 heterocycles. The zero-order valence-electron chi connectivity index (χ0n) is 15.9. The normalized spacial score (nSPS) is 11.3. The van der Waals surface area contributed by atoms with Crippen LogP contribution in [0.5, 0.6) is 11.5 Å². The van der Waals surface area contributed by atoms with Gasteiger partial charge in [-0.05, 0) is 42.5 Å². The fourth-order valence-corrected chi connectivity index (χ4v) is 3.64. The van der Waals surface area contributed by atoms with E-state index in [1.807, 2.05) is 53.2 Å². The van der Waals surface area contributed by atoms with Crippen LogP contribution in [0.1, 0.15) is 0 Å². The predicted molar refractivity (Wildman–Crippen MR) is 118 cm³/mol. The molecule has 0 aliphatic carbocycles. The molecule has 0 aliphatic heterocycles. The lowest BCUT2D eigenvalue weighted by atomic mass is 10.2. The second-order valence-corrected chi connectivity index (χ2v) is 7.12. The minimum Gasteiger partial charge on any atom is -0.464 e. The Morgan fingerprint density at radius 1 is 1.10 bits per heavy atom. The molecule has 5 rings (SSSR count). The van der Waals surface area contributed by atoms with Crippen LogP contribution in [0.4, 0.5) is 11.5 Å². The number of benzene rings is 2. The molecule has 0 unspecified atom stereocenters. The molecule has 8 heteroatoms. The zero-order chi connectivity index (χ0) is 20.5. The number of halogens is 1. The molecule has 0 fully saturated rings. The van der Waals surface area contributed by atoms with Crippen molar-refractivity contribution in [2.24, 2.45) is 5.73 Å². The molecular weight excluding hydrogens is 402 g/mol. The van der Waals surface area contributed by atoms with E-state index in [4.69, 9.17) is 26.5 Å². The van der Waals surface area contributed by atoms with Gasteiger partial charge in [-0.15, -0.1) is 0 Å². The maximum Gasteiger partial charge on any atom is 0.158 e. The smallest absolute Gasteiger partial charge is 0.158 e. The number of ether oxygens (including phenoxy) is 1. The molecule has 30 heavy (non-hydrogen) atoms. The average molecular weight is 420 g/mol. The molecule has 2 aromatic carbocycles. The lowest BCUT2D eigenvalue weighted by molar-refractivity contribution is 0.488. The van der Waals surface area contributed by atoms with E-state index in [1.165, 1.54) is 6.33 Å². The van der Waals surface area contributed by atoms with Crippen molar-refractivity contribution in [2.75, 3.05) is 11.9 Å². The van der Waals surface area contributed by atoms with E-state index in [9.17, 15) is 0 Å². The third kappa shape index (κ3) is 3.34. The van der Waals surface area contributed by atoms with Gasteiger partial charge < -0.3 is 24.8 Å². The van der Waals surface area contributed by atoms with Crippen LogP contribution in [0.25, 0.3) is 22.0 Å². The van der Waals surface area contributed by atoms with Crippen molar-refractivity contribution in [3.63, 3.8) is 0 Å². The number of hydrogen-bond donors (Lipinski definition) is 2. The van der Waals surface area contributed by atoms with Crippen molar-refractivity contribution in [1.29, 1.82) is 0 Å². The molecule has 0 spiro atoms. The Balaban J connectivity index is 1.44. The highest BCUT2D eigenvalue weighted by molar-refractivity contribution is 6.32. The number of fused-ring (bicyclic) bond motifs is 2. The SMILES string of the molecule is NCCn1ccc2ncnc(Nc3ccc(Oc4cccc5occc45)c(Cl)c3)c21. The zero-order valence-corrected chi connectivity index (χ0v) is 16.6. The molecular formula is C22H18ClN5O2. The van der Waals surface area contributed by atoms with Gasteiger partial charge in [-0.1, -0.05) is 17.7 Å². The second kappa shape index (κ2) is 7.70. The summed E-state index contributed by atoms with van der Waals surface area (Å²) in [7, 11) is 0. The van der Waals surface area contributed by atoms with Crippen molar-refractivity contribution >= 4 is 45.1 Å². The first kappa shape index (κ1) is 18.5. The number of furan rings is 1. The molecule has 7 nitrogen and oxygen atoms in total. The molecule has 0 saturated heterocycles. The molecule has 3 aromatic heterocycles. The molecule has 0 saturated carbocycles. The van der Waals surface area contributed by atoms with Gasteiger partial charge in [0.1, 0.15) is 28.9 Å². The summed E-state index contributed by atoms with van der Waals surface area (Å²) in [6.07, 6.45) is 5.12. The van der Waals surface area contributed by atoms with Crippen LogP contribution in [0, 0.1) is 0 Å². The number of nitrogens with one attached hydrogen (secondary N) is 1. The fourth-order valence-electron chi connectivity index (χ4n) is 3.42. The van der Waals surface area contributed by atoms with Crippen LogP contribution in [0.2, 0.25) is 5.02 Å². The summed E-state index contributed by atoms with van der Waals surface area (Å²) in [5.41, 5.74) is 9.01. The molecule has 0 radical (unpaired) electrons. The Bertz CT molecular complexity index is 1340. The molecule has 0 atom stereocenters. The van der Waals surface area contributed by atoms with Crippen LogP contribution in [-0.4, -0.2) is 21.1 Å². The molecule has 0 amide bonds. The summed E-state index contributed by atoms with van der Waals surface area (Å²) in [6.45, 7) is 1.21. The maximum atomic E-state index is 6.51. The summed E-state index contributed by atoms with van der Waals surface area (Å²) in [5.74, 6) is 1.92. The van der Waals surface area contributed by atoms with Crippen molar-refractivity contribution in [2.45, 2.75) is 6.54 Å².